The van der Waals surface area contributed by atoms with E-state index in [9.17, 15) is 22.8 Å². The van der Waals surface area contributed by atoms with Crippen LogP contribution in [0.15, 0.2) is 30.3 Å². The molecule has 1 aromatic carbocycles. The average molecular weight is 397 g/mol. The summed E-state index contributed by atoms with van der Waals surface area (Å²) in [5, 5.41) is 0. The highest BCUT2D eigenvalue weighted by Crippen LogP contribution is 2.21. The van der Waals surface area contributed by atoms with E-state index in [0.717, 1.165) is 0 Å². The molecule has 0 saturated carbocycles. The molecule has 27 heavy (non-hydrogen) atoms. The molecule has 0 unspecified atom stereocenters. The van der Waals surface area contributed by atoms with Gasteiger partial charge >= 0.3 is 5.97 Å². The average Bonchev–Trinajstić information content (AvgIpc) is 2.70. The van der Waals surface area contributed by atoms with E-state index in [2.05, 4.69) is 10.9 Å². The van der Waals surface area contributed by atoms with Crippen molar-refractivity contribution in [1.29, 1.82) is 0 Å². The fourth-order valence-electron chi connectivity index (χ4n) is 2.63. The van der Waals surface area contributed by atoms with Gasteiger partial charge in [0, 0.05) is 18.7 Å². The number of benzene rings is 1. The smallest absolute Gasteiger partial charge is 0.309 e. The number of nitrogens with one attached hydrogen (secondary N) is 2. The molecule has 9 nitrogen and oxygen atoms in total. The molecule has 2 amide bonds. The zero-order valence-corrected chi connectivity index (χ0v) is 15.8. The van der Waals surface area contributed by atoms with Gasteiger partial charge in [0.2, 0.25) is 10.0 Å². The second-order valence-electron chi connectivity index (χ2n) is 6.05. The van der Waals surface area contributed by atoms with E-state index in [1.807, 2.05) is 0 Å². The molecule has 1 aromatic rings. The lowest BCUT2D eigenvalue weighted by atomic mass is 9.98. The van der Waals surface area contributed by atoms with Gasteiger partial charge in [0.25, 0.3) is 11.8 Å². The Labute approximate surface area is 158 Å². The molecule has 0 aliphatic carbocycles. The summed E-state index contributed by atoms with van der Waals surface area (Å²) in [5.74, 6) is -2.12. The number of rotatable bonds is 6. The van der Waals surface area contributed by atoms with Gasteiger partial charge in [-0.25, -0.2) is 12.7 Å². The van der Waals surface area contributed by atoms with E-state index >= 15 is 0 Å². The summed E-state index contributed by atoms with van der Waals surface area (Å²) in [5.41, 5.74) is 4.78. The number of hydrogen-bond acceptors (Lipinski definition) is 6. The number of amides is 2. The van der Waals surface area contributed by atoms with Crippen LogP contribution in [0.1, 0.15) is 30.1 Å². The lowest BCUT2D eigenvalue weighted by Crippen LogP contribution is -2.44. The normalized spacial score (nSPS) is 15.7. The molecule has 1 fully saturated rings. The van der Waals surface area contributed by atoms with Gasteiger partial charge in [-0.05, 0) is 31.9 Å². The van der Waals surface area contributed by atoms with Crippen molar-refractivity contribution in [1.82, 2.24) is 15.2 Å². The van der Waals surface area contributed by atoms with Crippen LogP contribution in [-0.4, -0.2) is 56.0 Å². The van der Waals surface area contributed by atoms with Gasteiger partial charge in [0.05, 0.1) is 11.7 Å². The first-order chi connectivity index (χ1) is 12.8. The summed E-state index contributed by atoms with van der Waals surface area (Å²) >= 11 is 0. The number of carbonyl (C=O) groups is 3. The van der Waals surface area contributed by atoms with E-state index in [4.69, 9.17) is 4.74 Å². The SMILES string of the molecule is CCS(=O)(=O)N1CCC(C(=O)OCC(=O)NNC(=O)c2ccccc2)CC1. The number of ether oxygens (including phenoxy) is 1. The molecule has 148 valence electrons. The van der Waals surface area contributed by atoms with Crippen molar-refractivity contribution in [3.63, 3.8) is 0 Å². The second-order valence-corrected chi connectivity index (χ2v) is 8.31. The minimum atomic E-state index is -3.26. The van der Waals surface area contributed by atoms with Crippen LogP contribution < -0.4 is 10.9 Å². The molecule has 0 bridgehead atoms. The third kappa shape index (κ3) is 6.04. The summed E-state index contributed by atoms with van der Waals surface area (Å²) in [6, 6.07) is 8.32. The Morgan fingerprint density at radius 3 is 2.33 bits per heavy atom. The van der Waals surface area contributed by atoms with Crippen LogP contribution >= 0.6 is 0 Å². The van der Waals surface area contributed by atoms with Gasteiger partial charge in [-0.1, -0.05) is 18.2 Å². The van der Waals surface area contributed by atoms with E-state index in [0.29, 0.717) is 18.4 Å². The lowest BCUT2D eigenvalue weighted by Gasteiger charge is -2.29. The van der Waals surface area contributed by atoms with Crippen LogP contribution in [0.3, 0.4) is 0 Å². The van der Waals surface area contributed by atoms with Crippen molar-refractivity contribution in [2.75, 3.05) is 25.4 Å². The first-order valence-electron chi connectivity index (χ1n) is 8.62. The van der Waals surface area contributed by atoms with Crippen LogP contribution in [0, 0.1) is 5.92 Å². The van der Waals surface area contributed by atoms with Crippen LogP contribution in [0.4, 0.5) is 0 Å². The molecule has 1 aliphatic rings. The number of hydrogen-bond donors (Lipinski definition) is 2. The zero-order valence-electron chi connectivity index (χ0n) is 15.0. The Bertz CT molecular complexity index is 773. The molecule has 2 N–H and O–H groups in total. The summed E-state index contributed by atoms with van der Waals surface area (Å²) in [6.45, 7) is 1.57. The Kier molecular flexibility index (Phi) is 7.31. The van der Waals surface area contributed by atoms with Crippen LogP contribution in [-0.2, 0) is 24.3 Å². The highest BCUT2D eigenvalue weighted by atomic mass is 32.2. The van der Waals surface area contributed by atoms with Crippen molar-refractivity contribution in [3.05, 3.63) is 35.9 Å². The number of esters is 1. The fraction of sp³-hybridized carbons (Fsp3) is 0.471. The van der Waals surface area contributed by atoms with Crippen LogP contribution in [0.5, 0.6) is 0 Å². The van der Waals surface area contributed by atoms with E-state index in [-0.39, 0.29) is 18.8 Å². The quantitative estimate of drug-likeness (QED) is 0.517. The second kappa shape index (κ2) is 9.47. The van der Waals surface area contributed by atoms with E-state index < -0.39 is 40.3 Å². The predicted molar refractivity (Wildman–Crippen MR) is 96.8 cm³/mol. The van der Waals surface area contributed by atoms with Gasteiger partial charge < -0.3 is 4.74 Å². The largest absolute Gasteiger partial charge is 0.455 e. The summed E-state index contributed by atoms with van der Waals surface area (Å²) in [4.78, 5) is 35.5. The minimum Gasteiger partial charge on any atom is -0.455 e. The van der Waals surface area contributed by atoms with Gasteiger partial charge in [0.15, 0.2) is 6.61 Å². The third-order valence-corrected chi connectivity index (χ3v) is 6.12. The van der Waals surface area contributed by atoms with Gasteiger partial charge in [-0.2, -0.15) is 0 Å². The molecule has 0 aromatic heterocycles. The summed E-state index contributed by atoms with van der Waals surface area (Å²) in [7, 11) is -3.26. The maximum atomic E-state index is 12.0. The number of piperidine rings is 1. The fourth-order valence-corrected chi connectivity index (χ4v) is 3.76. The molecule has 10 heteroatoms. The van der Waals surface area contributed by atoms with Crippen molar-refractivity contribution in [2.45, 2.75) is 19.8 Å². The molecule has 2 rings (SSSR count). The Morgan fingerprint density at radius 1 is 1.11 bits per heavy atom. The third-order valence-electron chi connectivity index (χ3n) is 4.24. The van der Waals surface area contributed by atoms with Crippen molar-refractivity contribution in [3.8, 4) is 0 Å². The lowest BCUT2D eigenvalue weighted by molar-refractivity contribution is -0.153. The van der Waals surface area contributed by atoms with Crippen LogP contribution in [0.2, 0.25) is 0 Å². The highest BCUT2D eigenvalue weighted by Gasteiger charge is 2.31. The number of nitrogens with zero attached hydrogens (tertiary/aromatic N) is 1. The first kappa shape index (κ1) is 20.8. The monoisotopic (exact) mass is 397 g/mol. The molecule has 0 atom stereocenters. The molecule has 0 radical (unpaired) electrons. The Morgan fingerprint density at radius 2 is 1.74 bits per heavy atom. The van der Waals surface area contributed by atoms with Crippen LogP contribution in [0.25, 0.3) is 0 Å². The molecule has 1 saturated heterocycles. The first-order valence-corrected chi connectivity index (χ1v) is 10.2. The predicted octanol–water partition coefficient (Wildman–Crippen LogP) is 0.0525. The molecule has 1 aliphatic heterocycles. The molecule has 1 heterocycles. The number of sulfonamides is 1. The topological polar surface area (TPSA) is 122 Å². The molecule has 0 spiro atoms. The van der Waals surface area contributed by atoms with Gasteiger partial charge in [-0.3, -0.25) is 25.2 Å². The van der Waals surface area contributed by atoms with Gasteiger partial charge in [0.1, 0.15) is 0 Å². The van der Waals surface area contributed by atoms with Gasteiger partial charge in [-0.15, -0.1) is 0 Å². The molecular formula is C17H23N3O6S. The zero-order chi connectivity index (χ0) is 19.9. The minimum absolute atomic E-state index is 0.0248. The molecular weight excluding hydrogens is 374 g/mol. The van der Waals surface area contributed by atoms with Crippen molar-refractivity contribution < 1.29 is 27.5 Å². The maximum absolute atomic E-state index is 12.0. The number of hydrazine groups is 1. The summed E-state index contributed by atoms with van der Waals surface area (Å²) in [6.07, 6.45) is 0.703. The standard InChI is InChI=1S/C17H23N3O6S/c1-2-27(24,25)20-10-8-14(9-11-20)17(23)26-12-15(21)18-19-16(22)13-6-4-3-5-7-13/h3-7,14H,2,8-12H2,1H3,(H,18,21)(H,19,22). The van der Waals surface area contributed by atoms with E-state index in [1.165, 1.54) is 4.31 Å². The Hall–Kier alpha value is -2.46. The van der Waals surface area contributed by atoms with Crippen molar-refractivity contribution in [2.24, 2.45) is 5.92 Å². The summed E-state index contributed by atoms with van der Waals surface area (Å²) < 4.78 is 29.9. The maximum Gasteiger partial charge on any atom is 0.309 e. The van der Waals surface area contributed by atoms with E-state index in [1.54, 1.807) is 37.3 Å². The highest BCUT2D eigenvalue weighted by molar-refractivity contribution is 7.89. The van der Waals surface area contributed by atoms with Crippen molar-refractivity contribution >= 4 is 27.8 Å². The number of carbonyl (C=O) groups excluding carboxylic acids is 3. The Balaban J connectivity index is 1.70.